The van der Waals surface area contributed by atoms with Crippen molar-refractivity contribution in [2.24, 2.45) is 5.73 Å². The van der Waals surface area contributed by atoms with Crippen LogP contribution in [0.5, 0.6) is 0 Å². The Morgan fingerprint density at radius 1 is 1.71 bits per heavy atom. The summed E-state index contributed by atoms with van der Waals surface area (Å²) >= 11 is 0. The Bertz CT molecular complexity index is 187. The standard InChI is InChI=1S/C9H19N3O2/c1-2-12-3-4-14-8(7-12)6-11-9(13)5-10/h8H,2-7,10H2,1H3,(H,11,13). The van der Waals surface area contributed by atoms with Crippen LogP contribution in [0.1, 0.15) is 6.92 Å². The molecule has 1 fully saturated rings. The molecule has 3 N–H and O–H groups in total. The molecule has 14 heavy (non-hydrogen) atoms. The lowest BCUT2D eigenvalue weighted by molar-refractivity contribution is -0.120. The number of rotatable bonds is 4. The van der Waals surface area contributed by atoms with Crippen LogP contribution in [-0.2, 0) is 9.53 Å². The monoisotopic (exact) mass is 201 g/mol. The van der Waals surface area contributed by atoms with Gasteiger partial charge in [-0.1, -0.05) is 6.92 Å². The van der Waals surface area contributed by atoms with Gasteiger partial charge in [0.15, 0.2) is 0 Å². The van der Waals surface area contributed by atoms with E-state index in [1.807, 2.05) is 0 Å². The number of morpholine rings is 1. The van der Waals surface area contributed by atoms with Crippen molar-refractivity contribution in [3.8, 4) is 0 Å². The molecule has 0 radical (unpaired) electrons. The summed E-state index contributed by atoms with van der Waals surface area (Å²) in [5.41, 5.74) is 5.18. The van der Waals surface area contributed by atoms with Crippen LogP contribution in [0.2, 0.25) is 0 Å². The van der Waals surface area contributed by atoms with Crippen LogP contribution in [0.3, 0.4) is 0 Å². The molecule has 0 spiro atoms. The number of ether oxygens (including phenoxy) is 1. The molecule has 1 heterocycles. The van der Waals surface area contributed by atoms with Crippen molar-refractivity contribution in [1.29, 1.82) is 0 Å². The fraction of sp³-hybridized carbons (Fsp3) is 0.889. The first-order valence-electron chi connectivity index (χ1n) is 5.07. The van der Waals surface area contributed by atoms with E-state index >= 15 is 0 Å². The van der Waals surface area contributed by atoms with Gasteiger partial charge in [0.25, 0.3) is 0 Å². The summed E-state index contributed by atoms with van der Waals surface area (Å²) in [6.07, 6.45) is 0.110. The van der Waals surface area contributed by atoms with Gasteiger partial charge in [0.1, 0.15) is 0 Å². The molecule has 0 aliphatic carbocycles. The summed E-state index contributed by atoms with van der Waals surface area (Å²) in [5.74, 6) is -0.123. The fourth-order valence-corrected chi connectivity index (χ4v) is 1.49. The number of hydrogen-bond acceptors (Lipinski definition) is 4. The first kappa shape index (κ1) is 11.4. The van der Waals surface area contributed by atoms with Gasteiger partial charge in [-0.3, -0.25) is 9.69 Å². The highest BCUT2D eigenvalue weighted by atomic mass is 16.5. The van der Waals surface area contributed by atoms with Gasteiger partial charge in [0.2, 0.25) is 5.91 Å². The van der Waals surface area contributed by atoms with E-state index in [4.69, 9.17) is 10.5 Å². The third-order valence-electron chi connectivity index (χ3n) is 2.38. The minimum absolute atomic E-state index is 0.0458. The highest BCUT2D eigenvalue weighted by molar-refractivity contribution is 5.77. The Morgan fingerprint density at radius 3 is 3.14 bits per heavy atom. The lowest BCUT2D eigenvalue weighted by Crippen LogP contribution is -2.48. The van der Waals surface area contributed by atoms with Crippen LogP contribution in [0.25, 0.3) is 0 Å². The van der Waals surface area contributed by atoms with Gasteiger partial charge in [-0.2, -0.15) is 0 Å². The number of amides is 1. The number of hydrogen-bond donors (Lipinski definition) is 2. The Morgan fingerprint density at radius 2 is 2.50 bits per heavy atom. The summed E-state index contributed by atoms with van der Waals surface area (Å²) in [4.78, 5) is 13.2. The van der Waals surface area contributed by atoms with Gasteiger partial charge in [-0.15, -0.1) is 0 Å². The minimum atomic E-state index is -0.123. The van der Waals surface area contributed by atoms with E-state index in [2.05, 4.69) is 17.1 Å². The predicted molar refractivity (Wildman–Crippen MR) is 53.9 cm³/mol. The molecule has 1 atom stereocenters. The van der Waals surface area contributed by atoms with Gasteiger partial charge in [-0.05, 0) is 6.54 Å². The fourth-order valence-electron chi connectivity index (χ4n) is 1.49. The molecule has 1 unspecified atom stereocenters. The van der Waals surface area contributed by atoms with Crippen LogP contribution in [-0.4, -0.2) is 56.2 Å². The second kappa shape index (κ2) is 5.95. The second-order valence-corrected chi connectivity index (χ2v) is 3.39. The van der Waals surface area contributed by atoms with Gasteiger partial charge in [-0.25, -0.2) is 0 Å². The molecule has 1 saturated heterocycles. The average molecular weight is 201 g/mol. The van der Waals surface area contributed by atoms with E-state index in [1.54, 1.807) is 0 Å². The molecule has 5 nitrogen and oxygen atoms in total. The number of carbonyl (C=O) groups excluding carboxylic acids is 1. The Kier molecular flexibility index (Phi) is 4.86. The Balaban J connectivity index is 2.20. The normalized spacial score (nSPS) is 23.4. The number of likely N-dealkylation sites (N-methyl/N-ethyl adjacent to an activating group) is 1. The second-order valence-electron chi connectivity index (χ2n) is 3.39. The molecule has 0 aromatic heterocycles. The zero-order valence-corrected chi connectivity index (χ0v) is 8.66. The third-order valence-corrected chi connectivity index (χ3v) is 2.38. The van der Waals surface area contributed by atoms with Crippen LogP contribution in [0, 0.1) is 0 Å². The van der Waals surface area contributed by atoms with Crippen LogP contribution in [0.15, 0.2) is 0 Å². The Labute approximate surface area is 84.6 Å². The van der Waals surface area contributed by atoms with Crippen molar-refractivity contribution >= 4 is 5.91 Å². The summed E-state index contributed by atoms with van der Waals surface area (Å²) in [6, 6.07) is 0. The van der Waals surface area contributed by atoms with Crippen molar-refractivity contribution in [3.63, 3.8) is 0 Å². The van der Waals surface area contributed by atoms with E-state index in [0.29, 0.717) is 6.54 Å². The van der Waals surface area contributed by atoms with Gasteiger partial charge in [0.05, 0.1) is 19.3 Å². The van der Waals surface area contributed by atoms with Crippen LogP contribution < -0.4 is 11.1 Å². The van der Waals surface area contributed by atoms with E-state index < -0.39 is 0 Å². The Hall–Kier alpha value is -0.650. The number of nitrogens with two attached hydrogens (primary N) is 1. The quantitative estimate of drug-likeness (QED) is 0.598. The third kappa shape index (κ3) is 3.61. The van der Waals surface area contributed by atoms with E-state index in [0.717, 1.165) is 26.2 Å². The first-order chi connectivity index (χ1) is 6.76. The average Bonchev–Trinajstić information content (AvgIpc) is 2.26. The molecule has 1 aliphatic heterocycles. The molecule has 0 aromatic rings. The smallest absolute Gasteiger partial charge is 0.233 e. The van der Waals surface area contributed by atoms with Crippen molar-refractivity contribution in [2.45, 2.75) is 13.0 Å². The molecule has 0 bridgehead atoms. The van der Waals surface area contributed by atoms with Crippen molar-refractivity contribution in [3.05, 3.63) is 0 Å². The maximum Gasteiger partial charge on any atom is 0.233 e. The largest absolute Gasteiger partial charge is 0.374 e. The maximum absolute atomic E-state index is 10.9. The molecule has 1 amide bonds. The zero-order chi connectivity index (χ0) is 10.4. The highest BCUT2D eigenvalue weighted by Gasteiger charge is 2.19. The molecule has 0 saturated carbocycles. The molecule has 1 rings (SSSR count). The van der Waals surface area contributed by atoms with Crippen molar-refractivity contribution in [1.82, 2.24) is 10.2 Å². The topological polar surface area (TPSA) is 67.6 Å². The predicted octanol–water partition coefficient (Wildman–Crippen LogP) is -1.22. The molecular weight excluding hydrogens is 182 g/mol. The van der Waals surface area contributed by atoms with Crippen molar-refractivity contribution < 1.29 is 9.53 Å². The lowest BCUT2D eigenvalue weighted by Gasteiger charge is -2.32. The maximum atomic E-state index is 10.9. The molecule has 82 valence electrons. The SMILES string of the molecule is CCN1CCOC(CNC(=O)CN)C1. The highest BCUT2D eigenvalue weighted by Crippen LogP contribution is 2.03. The van der Waals surface area contributed by atoms with E-state index in [-0.39, 0.29) is 18.6 Å². The summed E-state index contributed by atoms with van der Waals surface area (Å²) in [6.45, 7) is 6.39. The number of carbonyl (C=O) groups is 1. The molecule has 1 aliphatic rings. The van der Waals surface area contributed by atoms with Crippen molar-refractivity contribution in [2.75, 3.05) is 39.3 Å². The molecular formula is C9H19N3O2. The number of nitrogens with one attached hydrogen (secondary N) is 1. The van der Waals surface area contributed by atoms with Gasteiger partial charge in [0, 0.05) is 19.6 Å². The van der Waals surface area contributed by atoms with E-state index in [1.165, 1.54) is 0 Å². The van der Waals surface area contributed by atoms with E-state index in [9.17, 15) is 4.79 Å². The molecule has 0 aromatic carbocycles. The van der Waals surface area contributed by atoms with Gasteiger partial charge >= 0.3 is 0 Å². The summed E-state index contributed by atoms with van der Waals surface area (Å²) in [7, 11) is 0. The number of nitrogens with zero attached hydrogens (tertiary/aromatic N) is 1. The first-order valence-corrected chi connectivity index (χ1v) is 5.07. The van der Waals surface area contributed by atoms with Crippen LogP contribution in [0.4, 0.5) is 0 Å². The minimum Gasteiger partial charge on any atom is -0.374 e. The van der Waals surface area contributed by atoms with Gasteiger partial charge < -0.3 is 15.8 Å². The summed E-state index contributed by atoms with van der Waals surface area (Å²) < 4.78 is 5.51. The zero-order valence-electron chi connectivity index (χ0n) is 8.66. The van der Waals surface area contributed by atoms with Crippen LogP contribution >= 0.6 is 0 Å². The lowest BCUT2D eigenvalue weighted by atomic mass is 10.2. The molecule has 5 heteroatoms. The summed E-state index contributed by atoms with van der Waals surface area (Å²) in [5, 5.41) is 2.73.